The lowest BCUT2D eigenvalue weighted by atomic mass is 10.1. The van der Waals surface area contributed by atoms with Gasteiger partial charge < -0.3 is 10.2 Å². The van der Waals surface area contributed by atoms with Crippen LogP contribution in [0.2, 0.25) is 0 Å². The van der Waals surface area contributed by atoms with E-state index < -0.39 is 18.1 Å². The molecule has 0 bridgehead atoms. The van der Waals surface area contributed by atoms with Crippen molar-refractivity contribution in [1.82, 2.24) is 4.90 Å². The Morgan fingerprint density at radius 1 is 0.909 bits per heavy atom. The SMILES string of the molecule is CCCCCCCCCCCCN(CC)C(C(=O)O)C(C)O. The molecule has 2 N–H and O–H groups in total. The highest BCUT2D eigenvalue weighted by Crippen LogP contribution is 2.12. The third-order valence-electron chi connectivity index (χ3n) is 4.31. The Labute approximate surface area is 136 Å². The van der Waals surface area contributed by atoms with E-state index in [1.54, 1.807) is 6.92 Å². The van der Waals surface area contributed by atoms with Crippen molar-refractivity contribution in [2.45, 2.75) is 97.1 Å². The Morgan fingerprint density at radius 3 is 1.73 bits per heavy atom. The normalized spacial score (nSPS) is 14.2. The van der Waals surface area contributed by atoms with E-state index in [2.05, 4.69) is 6.92 Å². The number of hydrogen-bond acceptors (Lipinski definition) is 3. The average molecular weight is 315 g/mol. The van der Waals surface area contributed by atoms with Crippen molar-refractivity contribution in [1.29, 1.82) is 0 Å². The van der Waals surface area contributed by atoms with Crippen LogP contribution in [-0.4, -0.2) is 46.3 Å². The predicted molar refractivity (Wildman–Crippen MR) is 92.2 cm³/mol. The molecule has 0 radical (unpaired) electrons. The van der Waals surface area contributed by atoms with Gasteiger partial charge in [0.05, 0.1) is 6.10 Å². The van der Waals surface area contributed by atoms with E-state index in [0.29, 0.717) is 6.54 Å². The molecule has 0 saturated heterocycles. The lowest BCUT2D eigenvalue weighted by molar-refractivity contribution is -0.147. The molecule has 0 rings (SSSR count). The Hall–Kier alpha value is -0.610. The molecule has 132 valence electrons. The van der Waals surface area contributed by atoms with Gasteiger partial charge in [0.2, 0.25) is 0 Å². The number of nitrogens with zero attached hydrogens (tertiary/aromatic N) is 1. The first-order valence-electron chi connectivity index (χ1n) is 9.19. The van der Waals surface area contributed by atoms with Crippen LogP contribution in [0.1, 0.15) is 85.0 Å². The zero-order valence-corrected chi connectivity index (χ0v) is 14.9. The smallest absolute Gasteiger partial charge is 0.323 e. The van der Waals surface area contributed by atoms with E-state index in [4.69, 9.17) is 0 Å². The molecule has 0 aromatic rings. The van der Waals surface area contributed by atoms with Crippen LogP contribution in [0.5, 0.6) is 0 Å². The molecule has 0 aliphatic carbocycles. The molecule has 0 spiro atoms. The van der Waals surface area contributed by atoms with Crippen LogP contribution in [0.4, 0.5) is 0 Å². The minimum absolute atomic E-state index is 0.666. The molecule has 0 aliphatic heterocycles. The van der Waals surface area contributed by atoms with E-state index in [1.807, 2.05) is 11.8 Å². The highest BCUT2D eigenvalue weighted by Gasteiger charge is 2.28. The summed E-state index contributed by atoms with van der Waals surface area (Å²) in [6.07, 6.45) is 11.9. The predicted octanol–water partition coefficient (Wildman–Crippen LogP) is 4.06. The fraction of sp³-hybridized carbons (Fsp3) is 0.944. The minimum Gasteiger partial charge on any atom is -0.480 e. The quantitative estimate of drug-likeness (QED) is 0.447. The van der Waals surface area contributed by atoms with E-state index >= 15 is 0 Å². The maximum atomic E-state index is 11.2. The monoisotopic (exact) mass is 315 g/mol. The van der Waals surface area contributed by atoms with Gasteiger partial charge in [0.1, 0.15) is 6.04 Å². The standard InChI is InChI=1S/C18H37NO3/c1-4-6-7-8-9-10-11-12-13-14-15-19(5-2)17(16(3)20)18(21)22/h16-17,20H,4-15H2,1-3H3,(H,21,22). The fourth-order valence-corrected chi connectivity index (χ4v) is 2.96. The molecule has 4 nitrogen and oxygen atoms in total. The van der Waals surface area contributed by atoms with Crippen molar-refractivity contribution in [3.63, 3.8) is 0 Å². The molecule has 22 heavy (non-hydrogen) atoms. The molecule has 0 aromatic carbocycles. The highest BCUT2D eigenvalue weighted by atomic mass is 16.4. The number of unbranched alkanes of at least 4 members (excludes halogenated alkanes) is 9. The Balaban J connectivity index is 3.68. The van der Waals surface area contributed by atoms with Crippen molar-refractivity contribution in [3.05, 3.63) is 0 Å². The number of carbonyl (C=O) groups is 1. The summed E-state index contributed by atoms with van der Waals surface area (Å²) >= 11 is 0. The number of carboxylic acid groups (broad SMARTS) is 1. The van der Waals surface area contributed by atoms with Gasteiger partial charge in [-0.1, -0.05) is 71.6 Å². The molecule has 0 aliphatic rings. The number of likely N-dealkylation sites (N-methyl/N-ethyl adjacent to an activating group) is 1. The van der Waals surface area contributed by atoms with E-state index in [9.17, 15) is 15.0 Å². The molecular weight excluding hydrogens is 278 g/mol. The van der Waals surface area contributed by atoms with Crippen LogP contribution in [-0.2, 0) is 4.79 Å². The summed E-state index contributed by atoms with van der Waals surface area (Å²) in [6, 6.07) is -0.774. The Bertz CT molecular complexity index is 269. The van der Waals surface area contributed by atoms with E-state index in [1.165, 1.54) is 51.4 Å². The van der Waals surface area contributed by atoms with Gasteiger partial charge >= 0.3 is 5.97 Å². The third-order valence-corrected chi connectivity index (χ3v) is 4.31. The second-order valence-electron chi connectivity index (χ2n) is 6.33. The maximum Gasteiger partial charge on any atom is 0.323 e. The van der Waals surface area contributed by atoms with Gasteiger partial charge in [-0.3, -0.25) is 9.69 Å². The van der Waals surface area contributed by atoms with Gasteiger partial charge in [-0.2, -0.15) is 0 Å². The van der Waals surface area contributed by atoms with Crippen molar-refractivity contribution in [3.8, 4) is 0 Å². The zero-order chi connectivity index (χ0) is 16.8. The third kappa shape index (κ3) is 10.2. The first kappa shape index (κ1) is 21.4. The lowest BCUT2D eigenvalue weighted by Gasteiger charge is -2.29. The molecule has 2 unspecified atom stereocenters. The van der Waals surface area contributed by atoms with Gasteiger partial charge in [-0.15, -0.1) is 0 Å². The number of aliphatic hydroxyl groups excluding tert-OH is 1. The Kier molecular flexibility index (Phi) is 13.6. The molecule has 2 atom stereocenters. The summed E-state index contributed by atoms with van der Waals surface area (Å²) < 4.78 is 0. The summed E-state index contributed by atoms with van der Waals surface area (Å²) in [6.45, 7) is 7.18. The molecule has 0 saturated carbocycles. The van der Waals surface area contributed by atoms with Crippen molar-refractivity contribution < 1.29 is 15.0 Å². The molecule has 0 amide bonds. The second-order valence-corrected chi connectivity index (χ2v) is 6.33. The summed E-state index contributed by atoms with van der Waals surface area (Å²) in [4.78, 5) is 13.1. The van der Waals surface area contributed by atoms with Gasteiger partial charge in [-0.05, 0) is 26.4 Å². The number of aliphatic carboxylic acids is 1. The first-order valence-corrected chi connectivity index (χ1v) is 9.19. The molecular formula is C18H37NO3. The highest BCUT2D eigenvalue weighted by molar-refractivity contribution is 5.74. The number of carboxylic acids is 1. The Morgan fingerprint density at radius 2 is 1.36 bits per heavy atom. The molecule has 0 fully saturated rings. The topological polar surface area (TPSA) is 60.8 Å². The van der Waals surface area contributed by atoms with Crippen LogP contribution >= 0.6 is 0 Å². The van der Waals surface area contributed by atoms with Crippen LogP contribution < -0.4 is 0 Å². The number of aliphatic hydroxyl groups is 1. The van der Waals surface area contributed by atoms with Crippen molar-refractivity contribution >= 4 is 5.97 Å². The van der Waals surface area contributed by atoms with Crippen molar-refractivity contribution in [2.24, 2.45) is 0 Å². The maximum absolute atomic E-state index is 11.2. The van der Waals surface area contributed by atoms with Crippen LogP contribution in [0.25, 0.3) is 0 Å². The summed E-state index contributed by atoms with van der Waals surface area (Å²) in [7, 11) is 0. The first-order chi connectivity index (χ1) is 10.5. The number of rotatable bonds is 15. The van der Waals surface area contributed by atoms with Gasteiger partial charge in [0, 0.05) is 0 Å². The van der Waals surface area contributed by atoms with Gasteiger partial charge in [-0.25, -0.2) is 0 Å². The fourth-order valence-electron chi connectivity index (χ4n) is 2.96. The van der Waals surface area contributed by atoms with Crippen molar-refractivity contribution in [2.75, 3.05) is 13.1 Å². The summed E-state index contributed by atoms with van der Waals surface area (Å²) in [5.74, 6) is -0.927. The lowest BCUT2D eigenvalue weighted by Crippen LogP contribution is -2.48. The van der Waals surface area contributed by atoms with E-state index in [0.717, 1.165) is 19.4 Å². The van der Waals surface area contributed by atoms with Crippen LogP contribution in [0, 0.1) is 0 Å². The minimum atomic E-state index is -0.927. The average Bonchev–Trinajstić information content (AvgIpc) is 2.46. The van der Waals surface area contributed by atoms with Crippen LogP contribution in [0.3, 0.4) is 0 Å². The van der Waals surface area contributed by atoms with Crippen LogP contribution in [0.15, 0.2) is 0 Å². The largest absolute Gasteiger partial charge is 0.480 e. The second kappa shape index (κ2) is 14.0. The molecule has 4 heteroatoms. The molecule has 0 heterocycles. The van der Waals surface area contributed by atoms with E-state index in [-0.39, 0.29) is 0 Å². The summed E-state index contributed by atoms with van der Waals surface area (Å²) in [5.41, 5.74) is 0. The summed E-state index contributed by atoms with van der Waals surface area (Å²) in [5, 5.41) is 18.8. The molecule has 0 aromatic heterocycles. The van der Waals surface area contributed by atoms with Gasteiger partial charge in [0.25, 0.3) is 0 Å². The van der Waals surface area contributed by atoms with Gasteiger partial charge in [0.15, 0.2) is 0 Å². The zero-order valence-electron chi connectivity index (χ0n) is 14.9. The number of hydrogen-bond donors (Lipinski definition) is 2.